The summed E-state index contributed by atoms with van der Waals surface area (Å²) in [5, 5.41) is 0. The van der Waals surface area contributed by atoms with Gasteiger partial charge in [0.15, 0.2) is 5.78 Å². The van der Waals surface area contributed by atoms with E-state index in [2.05, 4.69) is 15.9 Å². The fourth-order valence-corrected chi connectivity index (χ4v) is 3.86. The van der Waals surface area contributed by atoms with Crippen LogP contribution < -0.4 is 4.74 Å². The molecule has 2 bridgehead atoms. The van der Waals surface area contributed by atoms with Crippen LogP contribution in [-0.2, 0) is 16.1 Å². The molecule has 0 radical (unpaired) electrons. The van der Waals surface area contributed by atoms with Gasteiger partial charge in [0.2, 0.25) is 5.91 Å². The zero-order chi connectivity index (χ0) is 13.6. The number of fused-ring (bicyclic) bond motifs is 2. The van der Waals surface area contributed by atoms with E-state index in [1.807, 2.05) is 24.3 Å². The predicted octanol–water partition coefficient (Wildman–Crippen LogP) is 1.76. The molecule has 0 N–H and O–H groups in total. The summed E-state index contributed by atoms with van der Waals surface area (Å²) in [7, 11) is 1.62. The molecule has 4 nitrogen and oxygen atoms in total. The Kier molecular flexibility index (Phi) is 3.09. The number of hydrogen-bond donors (Lipinski definition) is 0. The molecule has 2 fully saturated rings. The van der Waals surface area contributed by atoms with Crippen LogP contribution in [0.2, 0.25) is 0 Å². The molecule has 3 rings (SSSR count). The van der Waals surface area contributed by atoms with Gasteiger partial charge in [0.1, 0.15) is 11.8 Å². The Balaban J connectivity index is 1.79. The summed E-state index contributed by atoms with van der Waals surface area (Å²) in [6, 6.07) is 7.28. The van der Waals surface area contributed by atoms with Gasteiger partial charge < -0.3 is 9.64 Å². The molecule has 19 heavy (non-hydrogen) atoms. The van der Waals surface area contributed by atoms with E-state index in [0.29, 0.717) is 13.0 Å². The minimum Gasteiger partial charge on any atom is -0.497 e. The van der Waals surface area contributed by atoms with Crippen molar-refractivity contribution in [2.45, 2.75) is 23.8 Å². The van der Waals surface area contributed by atoms with Crippen LogP contribution in [0.4, 0.5) is 0 Å². The molecule has 1 aromatic carbocycles. The summed E-state index contributed by atoms with van der Waals surface area (Å²) in [5.41, 5.74) is 1.01. The molecule has 3 atom stereocenters. The number of carbonyl (C=O) groups excluding carboxylic acids is 2. The second-order valence-corrected chi connectivity index (χ2v) is 6.04. The Labute approximate surface area is 119 Å². The molecule has 1 amide bonds. The molecule has 1 saturated carbocycles. The number of alkyl halides is 1. The average Bonchev–Trinajstić information content (AvgIpc) is 2.82. The first kappa shape index (κ1) is 12.7. The van der Waals surface area contributed by atoms with Crippen LogP contribution in [-0.4, -0.2) is 34.6 Å². The van der Waals surface area contributed by atoms with E-state index in [-0.39, 0.29) is 28.5 Å². The van der Waals surface area contributed by atoms with Crippen molar-refractivity contribution in [3.8, 4) is 5.75 Å². The first-order valence-corrected chi connectivity index (χ1v) is 7.13. The number of rotatable bonds is 3. The minimum atomic E-state index is -0.292. The normalized spacial score (nSPS) is 29.2. The Morgan fingerprint density at radius 1 is 1.32 bits per heavy atom. The van der Waals surface area contributed by atoms with Gasteiger partial charge in [-0.2, -0.15) is 0 Å². The summed E-state index contributed by atoms with van der Waals surface area (Å²) in [6.45, 7) is 0.484. The van der Waals surface area contributed by atoms with Gasteiger partial charge in [-0.05, 0) is 17.7 Å². The molecular formula is C14H14BrNO3. The lowest BCUT2D eigenvalue weighted by molar-refractivity contribution is -0.141. The van der Waals surface area contributed by atoms with Crippen LogP contribution in [0.3, 0.4) is 0 Å². The van der Waals surface area contributed by atoms with Gasteiger partial charge in [0, 0.05) is 13.0 Å². The number of benzene rings is 1. The zero-order valence-electron chi connectivity index (χ0n) is 10.5. The molecule has 2 aliphatic rings. The molecule has 1 aromatic rings. The van der Waals surface area contributed by atoms with Crippen LogP contribution in [0, 0.1) is 5.92 Å². The van der Waals surface area contributed by atoms with Crippen molar-refractivity contribution in [1.29, 1.82) is 0 Å². The third kappa shape index (κ3) is 1.96. The standard InChI is InChI=1S/C14H14BrNO3/c1-19-9-4-2-8(3-5-9)7-16-13-11(17)6-10(12(13)15)14(16)18/h2-5,10,12-13H,6-7H2,1H3. The molecule has 1 aliphatic carbocycles. The summed E-state index contributed by atoms with van der Waals surface area (Å²) < 4.78 is 5.10. The highest BCUT2D eigenvalue weighted by Crippen LogP contribution is 2.41. The molecule has 5 heteroatoms. The molecule has 0 spiro atoms. The highest BCUT2D eigenvalue weighted by atomic mass is 79.9. The van der Waals surface area contributed by atoms with Crippen molar-refractivity contribution in [2.75, 3.05) is 7.11 Å². The summed E-state index contributed by atoms with van der Waals surface area (Å²) in [4.78, 5) is 25.7. The van der Waals surface area contributed by atoms with E-state index >= 15 is 0 Å². The van der Waals surface area contributed by atoms with Crippen LogP contribution in [0.5, 0.6) is 5.75 Å². The zero-order valence-corrected chi connectivity index (χ0v) is 12.1. The van der Waals surface area contributed by atoms with Gasteiger partial charge in [0.05, 0.1) is 17.9 Å². The monoisotopic (exact) mass is 323 g/mol. The van der Waals surface area contributed by atoms with Crippen molar-refractivity contribution in [2.24, 2.45) is 5.92 Å². The number of Topliss-reactive ketones (excluding diaryl/α,β-unsaturated/α-hetero) is 1. The number of ether oxygens (including phenoxy) is 1. The Morgan fingerprint density at radius 2 is 2.00 bits per heavy atom. The molecule has 1 saturated heterocycles. The second kappa shape index (κ2) is 4.63. The third-order valence-corrected chi connectivity index (χ3v) is 5.02. The number of ketones is 1. The number of hydrogen-bond acceptors (Lipinski definition) is 3. The number of likely N-dealkylation sites (tertiary alicyclic amines) is 1. The van der Waals surface area contributed by atoms with Crippen molar-refractivity contribution >= 4 is 27.6 Å². The van der Waals surface area contributed by atoms with Crippen molar-refractivity contribution < 1.29 is 14.3 Å². The smallest absolute Gasteiger partial charge is 0.228 e. The van der Waals surface area contributed by atoms with Crippen molar-refractivity contribution in [3.05, 3.63) is 29.8 Å². The average molecular weight is 324 g/mol. The second-order valence-electron chi connectivity index (χ2n) is 4.98. The van der Waals surface area contributed by atoms with Crippen LogP contribution in [0.15, 0.2) is 24.3 Å². The number of piperidine rings is 1. The lowest BCUT2D eigenvalue weighted by Gasteiger charge is -2.26. The number of methoxy groups -OCH3 is 1. The molecule has 100 valence electrons. The Bertz CT molecular complexity index is 528. The molecule has 3 unspecified atom stereocenters. The van der Waals surface area contributed by atoms with Crippen LogP contribution in [0.1, 0.15) is 12.0 Å². The number of amides is 1. The van der Waals surface area contributed by atoms with Crippen molar-refractivity contribution in [3.63, 3.8) is 0 Å². The quantitative estimate of drug-likeness (QED) is 0.796. The van der Waals surface area contributed by atoms with Gasteiger partial charge in [0.25, 0.3) is 0 Å². The maximum Gasteiger partial charge on any atom is 0.228 e. The van der Waals surface area contributed by atoms with Gasteiger partial charge in [-0.25, -0.2) is 0 Å². The first-order chi connectivity index (χ1) is 9.11. The minimum absolute atomic E-state index is 0.0225. The van der Waals surface area contributed by atoms with E-state index in [1.165, 1.54) is 0 Å². The highest BCUT2D eigenvalue weighted by molar-refractivity contribution is 9.09. The topological polar surface area (TPSA) is 46.6 Å². The Morgan fingerprint density at radius 3 is 2.58 bits per heavy atom. The number of halogens is 1. The lowest BCUT2D eigenvalue weighted by atomic mass is 10.1. The number of nitrogens with zero attached hydrogens (tertiary/aromatic N) is 1. The highest BCUT2D eigenvalue weighted by Gasteiger charge is 2.56. The maximum absolute atomic E-state index is 12.2. The molecule has 1 aliphatic heterocycles. The van der Waals surface area contributed by atoms with Gasteiger partial charge in [-0.3, -0.25) is 9.59 Å². The molecule has 1 heterocycles. The fourth-order valence-electron chi connectivity index (χ4n) is 2.87. The van der Waals surface area contributed by atoms with Crippen molar-refractivity contribution in [1.82, 2.24) is 4.90 Å². The summed E-state index contributed by atoms with van der Waals surface area (Å²) >= 11 is 3.49. The number of carbonyl (C=O) groups is 2. The first-order valence-electron chi connectivity index (χ1n) is 6.22. The van der Waals surface area contributed by atoms with E-state index in [4.69, 9.17) is 4.74 Å². The Hall–Kier alpha value is -1.36. The van der Waals surface area contributed by atoms with E-state index in [9.17, 15) is 9.59 Å². The summed E-state index contributed by atoms with van der Waals surface area (Å²) in [5.74, 6) is 0.866. The predicted molar refractivity (Wildman–Crippen MR) is 73.2 cm³/mol. The molecule has 0 aromatic heterocycles. The van der Waals surface area contributed by atoms with Crippen LogP contribution >= 0.6 is 15.9 Å². The third-order valence-electron chi connectivity index (χ3n) is 3.89. The van der Waals surface area contributed by atoms with Gasteiger partial charge in [-0.1, -0.05) is 28.1 Å². The van der Waals surface area contributed by atoms with Crippen LogP contribution in [0.25, 0.3) is 0 Å². The van der Waals surface area contributed by atoms with Gasteiger partial charge in [-0.15, -0.1) is 0 Å². The van der Waals surface area contributed by atoms with Gasteiger partial charge >= 0.3 is 0 Å². The maximum atomic E-state index is 12.2. The lowest BCUT2D eigenvalue weighted by Crippen LogP contribution is -2.42. The van der Waals surface area contributed by atoms with E-state index < -0.39 is 0 Å². The fraction of sp³-hybridized carbons (Fsp3) is 0.429. The molecular weight excluding hydrogens is 310 g/mol. The largest absolute Gasteiger partial charge is 0.497 e. The van der Waals surface area contributed by atoms with E-state index in [1.54, 1.807) is 12.0 Å². The SMILES string of the molecule is COc1ccc(CN2C(=O)C3CC(=O)C2C3Br)cc1. The summed E-state index contributed by atoms with van der Waals surface area (Å²) in [6.07, 6.45) is 0.387. The van der Waals surface area contributed by atoms with E-state index in [0.717, 1.165) is 11.3 Å².